The van der Waals surface area contributed by atoms with Gasteiger partial charge in [-0.25, -0.2) is 0 Å². The summed E-state index contributed by atoms with van der Waals surface area (Å²) in [4.78, 5) is 12.9. The SMILES string of the molecule is C=C(CC/C=C\C/C=C\C/C=C\C/C=C\C/C=C\C/C=C\CC)OC(COCCCCCCCCCCCCCCCC)COC(=O)CC(C[N+](C)(C)C)C(C)C. The van der Waals surface area contributed by atoms with Crippen molar-refractivity contribution in [3.05, 3.63) is 85.3 Å². The molecule has 0 radical (unpaired) electrons. The maximum atomic E-state index is 12.9. The van der Waals surface area contributed by atoms with E-state index >= 15 is 0 Å². The number of quaternary nitrogens is 1. The van der Waals surface area contributed by atoms with Crippen LogP contribution in [0.1, 0.15) is 175 Å². The van der Waals surface area contributed by atoms with Crippen LogP contribution < -0.4 is 0 Å². The van der Waals surface area contributed by atoms with Crippen molar-refractivity contribution in [2.75, 3.05) is 47.5 Å². The predicted octanol–water partition coefficient (Wildman–Crippen LogP) is 14.8. The van der Waals surface area contributed by atoms with E-state index in [-0.39, 0.29) is 24.6 Å². The third-order valence-corrected chi connectivity index (χ3v) is 10.0. The second-order valence-corrected chi connectivity index (χ2v) is 17.3. The first kappa shape index (κ1) is 54.4. The van der Waals surface area contributed by atoms with Gasteiger partial charge in [0.1, 0.15) is 6.61 Å². The highest BCUT2D eigenvalue weighted by Crippen LogP contribution is 2.20. The molecule has 0 aromatic heterocycles. The topological polar surface area (TPSA) is 44.8 Å². The number of unbranched alkanes of at least 4 members (excludes halogenated alkanes) is 13. The van der Waals surface area contributed by atoms with Gasteiger partial charge in [-0.1, -0.05) is 191 Å². The highest BCUT2D eigenvalue weighted by atomic mass is 16.6. The predicted molar refractivity (Wildman–Crippen MR) is 249 cm³/mol. The van der Waals surface area contributed by atoms with E-state index in [9.17, 15) is 4.79 Å². The van der Waals surface area contributed by atoms with Crippen LogP contribution in [0.3, 0.4) is 0 Å². The van der Waals surface area contributed by atoms with E-state index in [4.69, 9.17) is 14.2 Å². The molecule has 5 heteroatoms. The Bertz CT molecular complexity index is 1110. The fourth-order valence-electron chi connectivity index (χ4n) is 6.58. The zero-order valence-electron chi connectivity index (χ0n) is 38.5. The first-order chi connectivity index (χ1) is 27.6. The summed E-state index contributed by atoms with van der Waals surface area (Å²) >= 11 is 0. The van der Waals surface area contributed by atoms with Crippen molar-refractivity contribution in [2.45, 2.75) is 181 Å². The Labute approximate surface area is 354 Å². The standard InChI is InChI=1S/C52H92NO4/c1-9-11-13-15-17-19-21-23-25-26-27-28-29-30-32-34-36-38-40-42-49(5)57-51(47-56-52(54)44-50(48(3)4)45-53(6,7)8)46-55-43-41-39-37-35-33-31-24-22-20-18-16-14-12-10-2/h11,13,17,19,23,25,27-28,30,32,36,38,48,50-51H,5,9-10,12,14-16,18,20-22,24,26,29,31,33-35,37,39-47H2,1-4,6-8H3/q+1/b13-11-,19-17-,25-23-,28-27-,32-30-,38-36-. The van der Waals surface area contributed by atoms with Crippen LogP contribution in [0.25, 0.3) is 0 Å². The molecule has 0 aliphatic heterocycles. The van der Waals surface area contributed by atoms with E-state index in [2.05, 4.69) is 128 Å². The van der Waals surface area contributed by atoms with Crippen molar-refractivity contribution >= 4 is 5.97 Å². The molecule has 5 nitrogen and oxygen atoms in total. The molecule has 0 aromatic carbocycles. The summed E-state index contributed by atoms with van der Waals surface area (Å²) in [5.41, 5.74) is 0. The van der Waals surface area contributed by atoms with Gasteiger partial charge in [-0.05, 0) is 57.3 Å². The van der Waals surface area contributed by atoms with Gasteiger partial charge in [-0.15, -0.1) is 0 Å². The fraction of sp³-hybridized carbons (Fsp3) is 0.712. The number of hydrogen-bond acceptors (Lipinski definition) is 4. The first-order valence-electron chi connectivity index (χ1n) is 23.4. The normalized spacial score (nSPS) is 13.8. The minimum Gasteiger partial charge on any atom is -0.489 e. The molecule has 0 fully saturated rings. The fourth-order valence-corrected chi connectivity index (χ4v) is 6.58. The van der Waals surface area contributed by atoms with E-state index in [1.165, 1.54) is 83.5 Å². The van der Waals surface area contributed by atoms with Gasteiger partial charge in [0.15, 0.2) is 6.10 Å². The quantitative estimate of drug-likeness (QED) is 0.0204. The number of carbonyl (C=O) groups is 1. The Morgan fingerprint density at radius 3 is 1.47 bits per heavy atom. The van der Waals surface area contributed by atoms with Crippen molar-refractivity contribution < 1.29 is 23.5 Å². The van der Waals surface area contributed by atoms with Crippen LogP contribution in [-0.2, 0) is 19.0 Å². The van der Waals surface area contributed by atoms with Crippen LogP contribution in [0, 0.1) is 11.8 Å². The number of nitrogens with zero attached hydrogens (tertiary/aromatic N) is 1. The van der Waals surface area contributed by atoms with E-state index in [0.29, 0.717) is 31.3 Å². The molecule has 0 aliphatic rings. The Kier molecular flexibility index (Phi) is 38.3. The lowest BCUT2D eigenvalue weighted by atomic mass is 9.91. The molecule has 0 rings (SSSR count). The third-order valence-electron chi connectivity index (χ3n) is 10.0. The molecule has 0 N–H and O–H groups in total. The van der Waals surface area contributed by atoms with Crippen LogP contribution in [0.2, 0.25) is 0 Å². The number of ether oxygens (including phenoxy) is 3. The summed E-state index contributed by atoms with van der Waals surface area (Å²) in [5, 5.41) is 0. The van der Waals surface area contributed by atoms with Gasteiger partial charge in [0.25, 0.3) is 0 Å². The summed E-state index contributed by atoms with van der Waals surface area (Å²) in [6, 6.07) is 0. The Morgan fingerprint density at radius 2 is 1.04 bits per heavy atom. The zero-order chi connectivity index (χ0) is 42.1. The van der Waals surface area contributed by atoms with Crippen LogP contribution in [0.5, 0.6) is 0 Å². The average molecular weight is 795 g/mol. The minimum absolute atomic E-state index is 0.161. The number of rotatable bonds is 40. The first-order valence-corrected chi connectivity index (χ1v) is 23.4. The molecular formula is C52H92NO4+. The third kappa shape index (κ3) is 41.3. The molecule has 0 amide bonds. The molecule has 0 bridgehead atoms. The molecule has 0 saturated carbocycles. The summed E-state index contributed by atoms with van der Waals surface area (Å²) in [7, 11) is 6.52. The molecule has 0 saturated heterocycles. The molecule has 0 aromatic rings. The minimum atomic E-state index is -0.353. The van der Waals surface area contributed by atoms with Gasteiger partial charge in [0.2, 0.25) is 0 Å². The monoisotopic (exact) mass is 795 g/mol. The Hall–Kier alpha value is -2.63. The van der Waals surface area contributed by atoms with Gasteiger partial charge in [0.05, 0.1) is 46.5 Å². The van der Waals surface area contributed by atoms with Gasteiger partial charge in [-0.3, -0.25) is 4.79 Å². The molecule has 2 unspecified atom stereocenters. The van der Waals surface area contributed by atoms with Crippen molar-refractivity contribution in [1.82, 2.24) is 0 Å². The summed E-state index contributed by atoms with van der Waals surface area (Å²) in [5.74, 6) is 1.22. The molecule has 328 valence electrons. The second-order valence-electron chi connectivity index (χ2n) is 17.3. The highest BCUT2D eigenvalue weighted by molar-refractivity contribution is 5.69. The van der Waals surface area contributed by atoms with Crippen molar-refractivity contribution in [3.8, 4) is 0 Å². The smallest absolute Gasteiger partial charge is 0.306 e. The number of allylic oxidation sites excluding steroid dienone is 13. The lowest BCUT2D eigenvalue weighted by Crippen LogP contribution is -2.41. The van der Waals surface area contributed by atoms with E-state index in [1.54, 1.807) is 0 Å². The number of esters is 1. The maximum absolute atomic E-state index is 12.9. The Balaban J connectivity index is 4.52. The highest BCUT2D eigenvalue weighted by Gasteiger charge is 2.25. The van der Waals surface area contributed by atoms with E-state index < -0.39 is 0 Å². The van der Waals surface area contributed by atoms with Gasteiger partial charge < -0.3 is 18.7 Å². The molecule has 0 aliphatic carbocycles. The largest absolute Gasteiger partial charge is 0.489 e. The number of carbonyl (C=O) groups excluding carboxylic acids is 1. The van der Waals surface area contributed by atoms with Crippen molar-refractivity contribution in [2.24, 2.45) is 11.8 Å². The second kappa shape index (κ2) is 40.2. The van der Waals surface area contributed by atoms with Crippen LogP contribution in [0.15, 0.2) is 85.3 Å². The molecule has 0 heterocycles. The molecule has 0 spiro atoms. The summed E-state index contributed by atoms with van der Waals surface area (Å²) in [6.07, 6.45) is 53.0. The summed E-state index contributed by atoms with van der Waals surface area (Å²) in [6.45, 7) is 15.2. The van der Waals surface area contributed by atoms with Crippen molar-refractivity contribution in [1.29, 1.82) is 0 Å². The lowest BCUT2D eigenvalue weighted by molar-refractivity contribution is -0.874. The Morgan fingerprint density at radius 1 is 0.596 bits per heavy atom. The van der Waals surface area contributed by atoms with Crippen LogP contribution in [-0.4, -0.2) is 64.1 Å². The maximum Gasteiger partial charge on any atom is 0.306 e. The van der Waals surface area contributed by atoms with Crippen molar-refractivity contribution in [3.63, 3.8) is 0 Å². The summed E-state index contributed by atoms with van der Waals surface area (Å²) < 4.78 is 18.9. The van der Waals surface area contributed by atoms with Gasteiger partial charge >= 0.3 is 5.97 Å². The van der Waals surface area contributed by atoms with Crippen LogP contribution >= 0.6 is 0 Å². The van der Waals surface area contributed by atoms with Gasteiger partial charge in [0, 0.05) is 18.9 Å². The average Bonchev–Trinajstić information content (AvgIpc) is 3.16. The zero-order valence-corrected chi connectivity index (χ0v) is 38.5. The molecule has 2 atom stereocenters. The van der Waals surface area contributed by atoms with E-state index in [1.807, 2.05) is 0 Å². The van der Waals surface area contributed by atoms with E-state index in [0.717, 1.165) is 68.8 Å². The van der Waals surface area contributed by atoms with Gasteiger partial charge in [-0.2, -0.15) is 0 Å². The lowest BCUT2D eigenvalue weighted by Gasteiger charge is -2.31. The molecular weight excluding hydrogens is 703 g/mol. The van der Waals surface area contributed by atoms with Crippen LogP contribution in [0.4, 0.5) is 0 Å². The number of hydrogen-bond donors (Lipinski definition) is 0. The molecule has 57 heavy (non-hydrogen) atoms.